The molecule has 1 saturated heterocycles. The first-order valence-corrected chi connectivity index (χ1v) is 5.34. The molecule has 0 spiro atoms. The number of nitrogens with one attached hydrogen (secondary N) is 1. The molecule has 0 aliphatic carbocycles. The molecule has 82 valence electrons. The van der Waals surface area contributed by atoms with Gasteiger partial charge in [-0.25, -0.2) is 4.39 Å². The van der Waals surface area contributed by atoms with Gasteiger partial charge in [0.05, 0.1) is 12.1 Å². The van der Waals surface area contributed by atoms with Crippen molar-refractivity contribution in [2.45, 2.75) is 12.3 Å². The highest BCUT2D eigenvalue weighted by Crippen LogP contribution is 2.33. The second kappa shape index (κ2) is 4.37. The van der Waals surface area contributed by atoms with Crippen LogP contribution in [0.1, 0.15) is 17.9 Å². The summed E-state index contributed by atoms with van der Waals surface area (Å²) < 4.78 is 18.7. The van der Waals surface area contributed by atoms with Crippen LogP contribution in [0.5, 0.6) is 5.75 Å². The van der Waals surface area contributed by atoms with Crippen LogP contribution in [-0.2, 0) is 0 Å². The third-order valence-corrected chi connectivity index (χ3v) is 3.07. The maximum atomic E-state index is 13.7. The van der Waals surface area contributed by atoms with Gasteiger partial charge < -0.3 is 10.1 Å². The summed E-state index contributed by atoms with van der Waals surface area (Å²) in [5.41, 5.74) is 0.686. The Morgan fingerprint density at radius 3 is 2.93 bits per heavy atom. The van der Waals surface area contributed by atoms with Crippen LogP contribution in [0.25, 0.3) is 0 Å². The fourth-order valence-corrected chi connectivity index (χ4v) is 2.18. The summed E-state index contributed by atoms with van der Waals surface area (Å²) in [4.78, 5) is 0. The van der Waals surface area contributed by atoms with E-state index in [4.69, 9.17) is 16.3 Å². The van der Waals surface area contributed by atoms with Gasteiger partial charge in [0, 0.05) is 18.5 Å². The zero-order valence-electron chi connectivity index (χ0n) is 8.52. The Labute approximate surface area is 93.4 Å². The zero-order valence-corrected chi connectivity index (χ0v) is 9.27. The summed E-state index contributed by atoms with van der Waals surface area (Å²) in [6.45, 7) is 1.76. The van der Waals surface area contributed by atoms with E-state index in [9.17, 15) is 4.39 Å². The molecular weight excluding hydrogens is 217 g/mol. The van der Waals surface area contributed by atoms with Crippen molar-refractivity contribution in [3.8, 4) is 5.75 Å². The van der Waals surface area contributed by atoms with Crippen LogP contribution >= 0.6 is 11.6 Å². The van der Waals surface area contributed by atoms with Crippen LogP contribution in [0.2, 0.25) is 5.02 Å². The molecule has 1 aliphatic heterocycles. The quantitative estimate of drug-likeness (QED) is 0.842. The fourth-order valence-electron chi connectivity index (χ4n) is 1.93. The normalized spacial score (nSPS) is 20.6. The van der Waals surface area contributed by atoms with Crippen LogP contribution in [0, 0.1) is 5.82 Å². The Balaban J connectivity index is 2.35. The van der Waals surface area contributed by atoms with Gasteiger partial charge in [0.25, 0.3) is 0 Å². The first-order valence-electron chi connectivity index (χ1n) is 4.96. The molecule has 1 aromatic carbocycles. The van der Waals surface area contributed by atoms with Gasteiger partial charge in [0.2, 0.25) is 0 Å². The van der Waals surface area contributed by atoms with Crippen molar-refractivity contribution in [3.05, 3.63) is 28.5 Å². The molecule has 0 radical (unpaired) electrons. The first-order chi connectivity index (χ1) is 7.22. The lowest BCUT2D eigenvalue weighted by Gasteiger charge is -2.12. The topological polar surface area (TPSA) is 21.3 Å². The summed E-state index contributed by atoms with van der Waals surface area (Å²) in [7, 11) is 1.48. The maximum absolute atomic E-state index is 13.7. The number of ether oxygens (including phenoxy) is 1. The van der Waals surface area contributed by atoms with Gasteiger partial charge in [-0.3, -0.25) is 0 Å². The standard InChI is InChI=1S/C11H13ClFNO/c1-15-11-5-10(13)8(4-9(11)12)7-2-3-14-6-7/h4-5,7,14H,2-3,6H2,1H3. The van der Waals surface area contributed by atoms with E-state index < -0.39 is 0 Å². The fraction of sp³-hybridized carbons (Fsp3) is 0.455. The van der Waals surface area contributed by atoms with E-state index in [1.54, 1.807) is 6.07 Å². The summed E-state index contributed by atoms with van der Waals surface area (Å²) in [6.07, 6.45) is 0.958. The molecule has 1 aliphatic rings. The second-order valence-corrected chi connectivity index (χ2v) is 4.11. The lowest BCUT2D eigenvalue weighted by molar-refractivity contribution is 0.410. The van der Waals surface area contributed by atoms with Crippen molar-refractivity contribution in [2.75, 3.05) is 20.2 Å². The van der Waals surface area contributed by atoms with Crippen molar-refractivity contribution in [1.82, 2.24) is 5.32 Å². The van der Waals surface area contributed by atoms with Gasteiger partial charge in [0.15, 0.2) is 0 Å². The number of hydrogen-bond acceptors (Lipinski definition) is 2. The number of rotatable bonds is 2. The van der Waals surface area contributed by atoms with Gasteiger partial charge in [-0.15, -0.1) is 0 Å². The van der Waals surface area contributed by atoms with Gasteiger partial charge >= 0.3 is 0 Å². The SMILES string of the molecule is COc1cc(F)c(C2CCNC2)cc1Cl. The van der Waals surface area contributed by atoms with Gasteiger partial charge in [0.1, 0.15) is 11.6 Å². The molecule has 4 heteroatoms. The minimum Gasteiger partial charge on any atom is -0.495 e. The van der Waals surface area contributed by atoms with Crippen molar-refractivity contribution < 1.29 is 9.13 Å². The third-order valence-electron chi connectivity index (χ3n) is 2.77. The van der Waals surface area contributed by atoms with Gasteiger partial charge in [-0.1, -0.05) is 11.6 Å². The predicted molar refractivity (Wildman–Crippen MR) is 58.2 cm³/mol. The minimum absolute atomic E-state index is 0.230. The molecule has 15 heavy (non-hydrogen) atoms. The molecule has 1 N–H and O–H groups in total. The van der Waals surface area contributed by atoms with E-state index in [1.807, 2.05) is 0 Å². The largest absolute Gasteiger partial charge is 0.495 e. The Morgan fingerprint density at radius 1 is 1.53 bits per heavy atom. The lowest BCUT2D eigenvalue weighted by atomic mass is 9.98. The van der Waals surface area contributed by atoms with E-state index >= 15 is 0 Å². The lowest BCUT2D eigenvalue weighted by Crippen LogP contribution is -2.09. The molecule has 0 saturated carbocycles. The summed E-state index contributed by atoms with van der Waals surface area (Å²) in [5.74, 6) is 0.391. The molecule has 1 fully saturated rings. The summed E-state index contributed by atoms with van der Waals surface area (Å²) >= 11 is 5.97. The van der Waals surface area contributed by atoms with E-state index in [2.05, 4.69) is 5.32 Å². The molecule has 0 aromatic heterocycles. The zero-order chi connectivity index (χ0) is 10.8. The highest BCUT2D eigenvalue weighted by atomic mass is 35.5. The van der Waals surface area contributed by atoms with Crippen molar-refractivity contribution in [1.29, 1.82) is 0 Å². The van der Waals surface area contributed by atoms with Crippen LogP contribution in [-0.4, -0.2) is 20.2 Å². The maximum Gasteiger partial charge on any atom is 0.140 e. The smallest absolute Gasteiger partial charge is 0.140 e. The number of halogens is 2. The second-order valence-electron chi connectivity index (χ2n) is 3.70. The van der Waals surface area contributed by atoms with Crippen molar-refractivity contribution >= 4 is 11.6 Å². The average Bonchev–Trinajstić information content (AvgIpc) is 2.74. The molecule has 1 heterocycles. The summed E-state index contributed by atoms with van der Waals surface area (Å²) in [5, 5.41) is 3.68. The highest BCUT2D eigenvalue weighted by molar-refractivity contribution is 6.32. The highest BCUT2D eigenvalue weighted by Gasteiger charge is 2.21. The van der Waals surface area contributed by atoms with Gasteiger partial charge in [-0.2, -0.15) is 0 Å². The van der Waals surface area contributed by atoms with E-state index in [-0.39, 0.29) is 11.7 Å². The minimum atomic E-state index is -0.232. The van der Waals surface area contributed by atoms with E-state index in [0.29, 0.717) is 16.3 Å². The molecule has 2 rings (SSSR count). The third kappa shape index (κ3) is 2.08. The number of benzene rings is 1. The number of methoxy groups -OCH3 is 1. The predicted octanol–water partition coefficient (Wildman–Crippen LogP) is 2.56. The summed E-state index contributed by atoms with van der Waals surface area (Å²) in [6, 6.07) is 3.03. The average molecular weight is 230 g/mol. The molecule has 1 atom stereocenters. The molecule has 1 unspecified atom stereocenters. The van der Waals surface area contributed by atoms with Crippen LogP contribution in [0.3, 0.4) is 0 Å². The molecule has 2 nitrogen and oxygen atoms in total. The van der Waals surface area contributed by atoms with Crippen LogP contribution in [0.4, 0.5) is 4.39 Å². The van der Waals surface area contributed by atoms with Crippen LogP contribution < -0.4 is 10.1 Å². The molecule has 1 aromatic rings. The Morgan fingerprint density at radius 2 is 2.33 bits per heavy atom. The van der Waals surface area contributed by atoms with Crippen molar-refractivity contribution in [3.63, 3.8) is 0 Å². The Bertz CT molecular complexity index is 364. The molecular formula is C11H13ClFNO. The van der Waals surface area contributed by atoms with Crippen molar-refractivity contribution in [2.24, 2.45) is 0 Å². The van der Waals surface area contributed by atoms with E-state index in [1.165, 1.54) is 13.2 Å². The van der Waals surface area contributed by atoms with Gasteiger partial charge in [-0.05, 0) is 24.6 Å². The molecule has 0 bridgehead atoms. The Kier molecular flexibility index (Phi) is 3.12. The molecule has 0 amide bonds. The number of hydrogen-bond donors (Lipinski definition) is 1. The monoisotopic (exact) mass is 229 g/mol. The van der Waals surface area contributed by atoms with E-state index in [0.717, 1.165) is 19.5 Å². The van der Waals surface area contributed by atoms with Crippen LogP contribution in [0.15, 0.2) is 12.1 Å². The first kappa shape index (κ1) is 10.7. The Hall–Kier alpha value is -0.800.